The lowest BCUT2D eigenvalue weighted by Gasteiger charge is -2.14. The molecule has 37 heavy (non-hydrogen) atoms. The fourth-order valence-corrected chi connectivity index (χ4v) is 3.89. The number of hydrogen-bond donors (Lipinski definition) is 2. The Balaban J connectivity index is 1.59. The van der Waals surface area contributed by atoms with Crippen molar-refractivity contribution in [1.29, 1.82) is 5.26 Å². The molecular formula is C29H19N7O. The van der Waals surface area contributed by atoms with Crippen LogP contribution in [0.4, 0.5) is 5.82 Å². The van der Waals surface area contributed by atoms with Gasteiger partial charge in [-0.25, -0.2) is 15.0 Å². The Kier molecular flexibility index (Phi) is 6.22. The van der Waals surface area contributed by atoms with Gasteiger partial charge in [-0.3, -0.25) is 9.78 Å². The fourth-order valence-electron chi connectivity index (χ4n) is 3.89. The summed E-state index contributed by atoms with van der Waals surface area (Å²) in [7, 11) is 0. The van der Waals surface area contributed by atoms with Crippen LogP contribution in [0.15, 0.2) is 79.0 Å². The summed E-state index contributed by atoms with van der Waals surface area (Å²) in [5, 5.41) is 13.1. The van der Waals surface area contributed by atoms with E-state index in [-0.39, 0.29) is 18.1 Å². The van der Waals surface area contributed by atoms with Crippen molar-refractivity contribution < 1.29 is 4.79 Å². The number of nitrogens with zero attached hydrogens (tertiary/aromatic N) is 5. The molecule has 5 rings (SSSR count). The largest absolute Gasteiger partial charge is 0.382 e. The standard InChI is InChI=1S/C29H19N7O/c1-2-22-9-4-10-23(34-22)17-33-29(37)27-28(31)36-26(20-7-3-6-18(14-20)16-30)25(35-27)21-11-12-24-19(15-21)8-5-13-32-24/h1,3-15H,17H2,(H2,31,36)(H,33,37). The minimum absolute atomic E-state index is 0.0189. The summed E-state index contributed by atoms with van der Waals surface area (Å²) in [6, 6.07) is 23.8. The topological polar surface area (TPSA) is 130 Å². The summed E-state index contributed by atoms with van der Waals surface area (Å²) in [4.78, 5) is 31.0. The van der Waals surface area contributed by atoms with E-state index in [9.17, 15) is 10.1 Å². The zero-order valence-corrected chi connectivity index (χ0v) is 19.5. The van der Waals surface area contributed by atoms with Crippen LogP contribution in [-0.4, -0.2) is 25.8 Å². The van der Waals surface area contributed by atoms with Gasteiger partial charge >= 0.3 is 0 Å². The third-order valence-electron chi connectivity index (χ3n) is 5.66. The second-order valence-corrected chi connectivity index (χ2v) is 8.10. The van der Waals surface area contributed by atoms with Gasteiger partial charge in [0.15, 0.2) is 11.5 Å². The lowest BCUT2D eigenvalue weighted by atomic mass is 10.0. The SMILES string of the molecule is C#Cc1cccc(CNC(=O)c2nc(-c3ccc4ncccc4c3)c(-c3cccc(C#N)c3)nc2N)n1. The molecule has 0 aliphatic carbocycles. The average Bonchev–Trinajstić information content (AvgIpc) is 2.95. The highest BCUT2D eigenvalue weighted by Crippen LogP contribution is 2.32. The van der Waals surface area contributed by atoms with E-state index in [1.54, 1.807) is 42.6 Å². The minimum atomic E-state index is -0.501. The van der Waals surface area contributed by atoms with Crippen LogP contribution in [0.3, 0.4) is 0 Å². The first-order valence-electron chi connectivity index (χ1n) is 11.3. The highest BCUT2D eigenvalue weighted by Gasteiger charge is 2.20. The van der Waals surface area contributed by atoms with Gasteiger partial charge in [-0.2, -0.15) is 5.26 Å². The number of carbonyl (C=O) groups is 1. The first kappa shape index (κ1) is 23.2. The number of hydrogen-bond acceptors (Lipinski definition) is 7. The number of rotatable bonds is 5. The van der Waals surface area contributed by atoms with Crippen LogP contribution >= 0.6 is 0 Å². The summed E-state index contributed by atoms with van der Waals surface area (Å²) in [6.07, 6.45) is 7.14. The second kappa shape index (κ2) is 9.95. The van der Waals surface area contributed by atoms with Gasteiger partial charge in [0.25, 0.3) is 5.91 Å². The van der Waals surface area contributed by atoms with E-state index in [0.29, 0.717) is 33.9 Å². The summed E-state index contributed by atoms with van der Waals surface area (Å²) >= 11 is 0. The maximum atomic E-state index is 13.1. The number of terminal acetylenes is 1. The van der Waals surface area contributed by atoms with Crippen molar-refractivity contribution in [2.45, 2.75) is 6.54 Å². The quantitative estimate of drug-likeness (QED) is 0.361. The molecule has 5 aromatic rings. The number of anilines is 1. The Hall–Kier alpha value is -5.60. The van der Waals surface area contributed by atoms with E-state index < -0.39 is 5.91 Å². The van der Waals surface area contributed by atoms with Crippen molar-refractivity contribution in [3.63, 3.8) is 0 Å². The Morgan fingerprint density at radius 1 is 0.946 bits per heavy atom. The first-order valence-corrected chi connectivity index (χ1v) is 11.3. The molecule has 3 N–H and O–H groups in total. The van der Waals surface area contributed by atoms with Crippen LogP contribution < -0.4 is 11.1 Å². The molecule has 3 aromatic heterocycles. The summed E-state index contributed by atoms with van der Waals surface area (Å²) in [6.45, 7) is 0.137. The fraction of sp³-hybridized carbons (Fsp3) is 0.0345. The van der Waals surface area contributed by atoms with Crippen LogP contribution in [0.1, 0.15) is 27.4 Å². The second-order valence-electron chi connectivity index (χ2n) is 8.10. The van der Waals surface area contributed by atoms with Crippen molar-refractivity contribution in [3.8, 4) is 40.9 Å². The number of aromatic nitrogens is 4. The van der Waals surface area contributed by atoms with E-state index in [1.807, 2.05) is 36.4 Å². The molecule has 0 aliphatic heterocycles. The van der Waals surface area contributed by atoms with E-state index >= 15 is 0 Å². The lowest BCUT2D eigenvalue weighted by Crippen LogP contribution is -2.26. The van der Waals surface area contributed by atoms with E-state index in [1.165, 1.54) is 0 Å². The van der Waals surface area contributed by atoms with Gasteiger partial charge in [0.2, 0.25) is 0 Å². The van der Waals surface area contributed by atoms with E-state index in [4.69, 9.17) is 12.2 Å². The molecule has 8 nitrogen and oxygen atoms in total. The van der Waals surface area contributed by atoms with Gasteiger partial charge in [-0.1, -0.05) is 36.3 Å². The normalized spacial score (nSPS) is 10.4. The van der Waals surface area contributed by atoms with Gasteiger partial charge in [0, 0.05) is 22.7 Å². The smallest absolute Gasteiger partial charge is 0.274 e. The number of nitrogens with two attached hydrogens (primary N) is 1. The highest BCUT2D eigenvalue weighted by atomic mass is 16.1. The monoisotopic (exact) mass is 481 g/mol. The molecule has 0 aliphatic rings. The summed E-state index contributed by atoms with van der Waals surface area (Å²) < 4.78 is 0. The van der Waals surface area contributed by atoms with Crippen LogP contribution in [0, 0.1) is 23.7 Å². The number of pyridine rings is 2. The molecule has 0 saturated carbocycles. The number of amides is 1. The molecule has 0 bridgehead atoms. The molecule has 0 radical (unpaired) electrons. The molecule has 0 spiro atoms. The van der Waals surface area contributed by atoms with Crippen molar-refractivity contribution in [2.24, 2.45) is 0 Å². The molecular weight excluding hydrogens is 462 g/mol. The van der Waals surface area contributed by atoms with Gasteiger partial charge in [0.1, 0.15) is 5.69 Å². The number of benzene rings is 2. The Bertz CT molecular complexity index is 1750. The molecule has 1 amide bonds. The van der Waals surface area contributed by atoms with Crippen LogP contribution in [0.25, 0.3) is 33.4 Å². The molecule has 2 aromatic carbocycles. The number of nitriles is 1. The Morgan fingerprint density at radius 2 is 1.76 bits per heavy atom. The molecule has 0 atom stereocenters. The van der Waals surface area contributed by atoms with Crippen molar-refractivity contribution >= 4 is 22.6 Å². The molecule has 0 unspecified atom stereocenters. The van der Waals surface area contributed by atoms with Gasteiger partial charge < -0.3 is 11.1 Å². The molecule has 0 fully saturated rings. The maximum Gasteiger partial charge on any atom is 0.274 e. The van der Waals surface area contributed by atoms with Crippen LogP contribution in [0.2, 0.25) is 0 Å². The van der Waals surface area contributed by atoms with E-state index in [2.05, 4.69) is 37.2 Å². The molecule has 3 heterocycles. The molecule has 8 heteroatoms. The predicted octanol–water partition coefficient (Wildman–Crippen LogP) is 4.12. The highest BCUT2D eigenvalue weighted by molar-refractivity contribution is 5.98. The summed E-state index contributed by atoms with van der Waals surface area (Å²) in [5.41, 5.74) is 10.9. The first-order chi connectivity index (χ1) is 18.1. The average molecular weight is 482 g/mol. The van der Waals surface area contributed by atoms with Gasteiger partial charge in [-0.15, -0.1) is 6.42 Å². The number of carbonyl (C=O) groups excluding carboxylic acids is 1. The van der Waals surface area contributed by atoms with Crippen LogP contribution in [0.5, 0.6) is 0 Å². The number of nitrogens with one attached hydrogen (secondary N) is 1. The Labute approximate surface area is 212 Å². The minimum Gasteiger partial charge on any atom is -0.382 e. The molecule has 176 valence electrons. The van der Waals surface area contributed by atoms with Gasteiger partial charge in [0.05, 0.1) is 40.8 Å². The van der Waals surface area contributed by atoms with Crippen molar-refractivity contribution in [3.05, 3.63) is 102 Å². The van der Waals surface area contributed by atoms with Gasteiger partial charge in [-0.05, 0) is 42.5 Å². The number of nitrogen functional groups attached to an aromatic ring is 1. The zero-order chi connectivity index (χ0) is 25.8. The number of fused-ring (bicyclic) bond motifs is 1. The van der Waals surface area contributed by atoms with E-state index in [0.717, 1.165) is 16.5 Å². The summed E-state index contributed by atoms with van der Waals surface area (Å²) in [5.74, 6) is 1.94. The Morgan fingerprint density at radius 3 is 2.59 bits per heavy atom. The van der Waals surface area contributed by atoms with Crippen molar-refractivity contribution in [2.75, 3.05) is 5.73 Å². The van der Waals surface area contributed by atoms with Crippen molar-refractivity contribution in [1.82, 2.24) is 25.3 Å². The molecule has 0 saturated heterocycles. The zero-order valence-electron chi connectivity index (χ0n) is 19.5. The van der Waals surface area contributed by atoms with Crippen LogP contribution in [-0.2, 0) is 6.54 Å². The predicted molar refractivity (Wildman–Crippen MR) is 141 cm³/mol. The third kappa shape index (κ3) is 4.81. The lowest BCUT2D eigenvalue weighted by molar-refractivity contribution is 0.0946. The third-order valence-corrected chi connectivity index (χ3v) is 5.66. The maximum absolute atomic E-state index is 13.1.